The first-order valence-electron chi connectivity index (χ1n) is 13.0. The van der Waals surface area contributed by atoms with Gasteiger partial charge in [0.1, 0.15) is 11.3 Å². The molecule has 0 N–H and O–H groups in total. The number of aromatic nitrogens is 3. The second kappa shape index (κ2) is 12.1. The van der Waals surface area contributed by atoms with Crippen LogP contribution in [0.2, 0.25) is 0 Å². The Labute approximate surface area is 247 Å². The molecule has 0 bridgehead atoms. The number of hydrogen-bond donors (Lipinski definition) is 0. The quantitative estimate of drug-likeness (QED) is 0.140. The van der Waals surface area contributed by atoms with Crippen molar-refractivity contribution in [3.05, 3.63) is 134 Å². The summed E-state index contributed by atoms with van der Waals surface area (Å²) in [5.74, 6) is 0. The van der Waals surface area contributed by atoms with E-state index in [4.69, 9.17) is 0 Å². The van der Waals surface area contributed by atoms with Crippen molar-refractivity contribution in [2.45, 2.75) is 19.9 Å². The maximum atomic E-state index is 4.62. The monoisotopic (exact) mass is 698 g/mol. The summed E-state index contributed by atoms with van der Waals surface area (Å²) >= 11 is 0. The summed E-state index contributed by atoms with van der Waals surface area (Å²) < 4.78 is 6.25. The summed E-state index contributed by atoms with van der Waals surface area (Å²) in [5, 5.41) is 2.35. The minimum absolute atomic E-state index is 0. The van der Waals surface area contributed by atoms with E-state index in [9.17, 15) is 0 Å². The van der Waals surface area contributed by atoms with Gasteiger partial charge in [0, 0.05) is 50.7 Å². The van der Waals surface area contributed by atoms with Crippen LogP contribution < -0.4 is 0 Å². The van der Waals surface area contributed by atoms with Crippen molar-refractivity contribution in [3.63, 3.8) is 0 Å². The van der Waals surface area contributed by atoms with Crippen LogP contribution in [0, 0.1) is 12.1 Å². The zero-order chi connectivity index (χ0) is 26.6. The fraction of sp³-hybridized carbons (Fsp3) is 0.0882. The molecule has 6 heteroatoms. The molecule has 0 aliphatic carbocycles. The first kappa shape index (κ1) is 27.1. The zero-order valence-electron chi connectivity index (χ0n) is 22.2. The van der Waals surface area contributed by atoms with Gasteiger partial charge in [0.05, 0.1) is 0 Å². The molecule has 6 aromatic rings. The van der Waals surface area contributed by atoms with Gasteiger partial charge in [-0.3, -0.25) is 0 Å². The summed E-state index contributed by atoms with van der Waals surface area (Å²) in [5.41, 5.74) is 6.24. The Morgan fingerprint density at radius 2 is 1.55 bits per heavy atom. The molecule has 0 fully saturated rings. The number of hydrogen-bond acceptors (Lipinski definition) is 2. The standard InChI is InChI=1S/C23H19N4.C11H8N.Ir/c1-17(2)27-22-15-19(10-11-20(22)21-9-6-12-24-23(21)27)26-14-13-25(16-26)18-7-4-3-5-8-18;1-2-6-10(7-3-1)11-8-4-5-9-12-11;/h3-9,11-15,17H,1-2H3;1-6,8-9H;/q+1;-1;. The average molecular weight is 698 g/mol. The molecule has 0 saturated carbocycles. The molecule has 0 atom stereocenters. The molecule has 40 heavy (non-hydrogen) atoms. The molecular formula is C34H27IrN5. The molecule has 1 aliphatic heterocycles. The second-order valence-electron chi connectivity index (χ2n) is 9.42. The van der Waals surface area contributed by atoms with Crippen molar-refractivity contribution >= 4 is 39.3 Å². The Hall–Kier alpha value is -4.47. The van der Waals surface area contributed by atoms with E-state index >= 15 is 0 Å². The molecule has 3 aromatic heterocycles. The van der Waals surface area contributed by atoms with Gasteiger partial charge in [0.2, 0.25) is 5.69 Å². The largest absolute Gasteiger partial charge is 0.499 e. The van der Waals surface area contributed by atoms with E-state index in [1.807, 2.05) is 94.5 Å². The maximum Gasteiger partial charge on any atom is 0.499 e. The van der Waals surface area contributed by atoms with Gasteiger partial charge in [0.15, 0.2) is 0 Å². The van der Waals surface area contributed by atoms with Crippen molar-refractivity contribution in [1.82, 2.24) is 14.5 Å². The summed E-state index contributed by atoms with van der Waals surface area (Å²) in [7, 11) is 0. The van der Waals surface area contributed by atoms with Gasteiger partial charge in [-0.15, -0.1) is 47.3 Å². The molecule has 197 valence electrons. The van der Waals surface area contributed by atoms with Crippen molar-refractivity contribution in [3.8, 4) is 11.3 Å². The number of benzene rings is 3. The van der Waals surface area contributed by atoms with Gasteiger partial charge in [-0.1, -0.05) is 57.1 Å². The molecule has 7 rings (SSSR count). The molecule has 1 aliphatic rings. The normalized spacial score (nSPS) is 12.1. The van der Waals surface area contributed by atoms with Gasteiger partial charge in [0.25, 0.3) is 12.4 Å². The van der Waals surface area contributed by atoms with Crippen LogP contribution >= 0.6 is 0 Å². The third kappa shape index (κ3) is 5.47. The zero-order valence-corrected chi connectivity index (χ0v) is 24.6. The Kier molecular flexibility index (Phi) is 8.23. The van der Waals surface area contributed by atoms with Crippen molar-refractivity contribution in [1.29, 1.82) is 0 Å². The Morgan fingerprint density at radius 3 is 2.30 bits per heavy atom. The van der Waals surface area contributed by atoms with Crippen LogP contribution in [0.5, 0.6) is 0 Å². The summed E-state index contributed by atoms with van der Waals surface area (Å²) in [4.78, 5) is 8.83. The topological polar surface area (TPSA) is 36.7 Å². The van der Waals surface area contributed by atoms with Crippen molar-refractivity contribution < 1.29 is 29.3 Å². The molecule has 1 radical (unpaired) electrons. The van der Waals surface area contributed by atoms with Gasteiger partial charge in [-0.05, 0) is 37.1 Å². The number of pyridine rings is 2. The molecule has 3 aromatic carbocycles. The number of rotatable bonds is 4. The minimum atomic E-state index is 0. The predicted octanol–water partition coefficient (Wildman–Crippen LogP) is 7.76. The molecule has 0 unspecified atom stereocenters. The van der Waals surface area contributed by atoms with Gasteiger partial charge >= 0.3 is 6.01 Å². The molecule has 0 amide bonds. The van der Waals surface area contributed by atoms with Crippen LogP contribution in [0.4, 0.5) is 11.4 Å². The smallest absolute Gasteiger partial charge is 0.347 e. The van der Waals surface area contributed by atoms with Crippen LogP contribution in [0.3, 0.4) is 0 Å². The predicted molar refractivity (Wildman–Crippen MR) is 155 cm³/mol. The van der Waals surface area contributed by atoms with Crippen LogP contribution in [0.1, 0.15) is 19.9 Å². The number of para-hydroxylation sites is 1. The van der Waals surface area contributed by atoms with E-state index in [1.54, 1.807) is 6.20 Å². The van der Waals surface area contributed by atoms with E-state index in [-0.39, 0.29) is 20.1 Å². The van der Waals surface area contributed by atoms with E-state index in [2.05, 4.69) is 76.9 Å². The molecule has 0 spiro atoms. The summed E-state index contributed by atoms with van der Waals surface area (Å²) in [6.45, 7) is 4.38. The fourth-order valence-corrected chi connectivity index (χ4v) is 4.72. The maximum absolute atomic E-state index is 4.62. The van der Waals surface area contributed by atoms with Crippen LogP contribution in [0.25, 0.3) is 33.2 Å². The van der Waals surface area contributed by atoms with Crippen LogP contribution in [-0.4, -0.2) is 29.7 Å². The first-order valence-corrected chi connectivity index (χ1v) is 13.0. The molecular weight excluding hydrogens is 671 g/mol. The molecule has 5 nitrogen and oxygen atoms in total. The van der Waals surface area contributed by atoms with E-state index in [1.165, 1.54) is 16.3 Å². The fourth-order valence-electron chi connectivity index (χ4n) is 4.72. The molecule has 4 heterocycles. The summed E-state index contributed by atoms with van der Waals surface area (Å²) in [6, 6.07) is 42.5. The first-order chi connectivity index (χ1) is 19.2. The Balaban J connectivity index is 0.000000209. The van der Waals surface area contributed by atoms with Crippen LogP contribution in [-0.2, 0) is 20.1 Å². The van der Waals surface area contributed by atoms with Crippen LogP contribution in [0.15, 0.2) is 122 Å². The number of fused-ring (bicyclic) bond motifs is 3. The average Bonchev–Trinajstić information content (AvgIpc) is 3.62. The van der Waals surface area contributed by atoms with Crippen molar-refractivity contribution in [2.24, 2.45) is 0 Å². The minimum Gasteiger partial charge on any atom is -0.347 e. The van der Waals surface area contributed by atoms with Gasteiger partial charge in [-0.25, -0.2) is 4.98 Å². The number of nitrogens with zero attached hydrogens (tertiary/aromatic N) is 5. The Bertz CT molecular complexity index is 1810. The Morgan fingerprint density at radius 1 is 0.775 bits per heavy atom. The SMILES string of the molecule is CC(C)n1c2cc([N+]3=C=[N+](c4ccccc4)C=C3)[c-]cc2c2cccnc21.[Ir].[c-]1ccccc1-c1ccccn1. The van der Waals surface area contributed by atoms with E-state index < -0.39 is 0 Å². The third-order valence-corrected chi connectivity index (χ3v) is 6.52. The third-order valence-electron chi connectivity index (χ3n) is 6.52. The van der Waals surface area contributed by atoms with Gasteiger partial charge in [-0.2, -0.15) is 6.07 Å². The van der Waals surface area contributed by atoms with E-state index in [0.717, 1.165) is 28.3 Å². The summed E-state index contributed by atoms with van der Waals surface area (Å²) in [6.07, 6.45) is 7.65. The van der Waals surface area contributed by atoms with Gasteiger partial charge < -0.3 is 9.55 Å². The van der Waals surface area contributed by atoms with Crippen molar-refractivity contribution in [2.75, 3.05) is 0 Å². The second-order valence-corrected chi connectivity index (χ2v) is 9.42. The van der Waals surface area contributed by atoms with E-state index in [0.29, 0.717) is 6.04 Å². The molecule has 0 saturated heterocycles.